The lowest BCUT2D eigenvalue weighted by Gasteiger charge is -2.11. The Labute approximate surface area is 189 Å². The zero-order valence-electron chi connectivity index (χ0n) is 16.9. The highest BCUT2D eigenvalue weighted by molar-refractivity contribution is 9.10. The number of ether oxygens (including phenoxy) is 1. The number of nitrogens with one attached hydrogen (secondary N) is 1. The summed E-state index contributed by atoms with van der Waals surface area (Å²) in [6.07, 6.45) is 2.24. The van der Waals surface area contributed by atoms with Crippen LogP contribution >= 0.6 is 15.9 Å². The molecule has 0 fully saturated rings. The van der Waals surface area contributed by atoms with Crippen LogP contribution in [0.25, 0.3) is 6.08 Å². The van der Waals surface area contributed by atoms with Gasteiger partial charge >= 0.3 is 0 Å². The van der Waals surface area contributed by atoms with E-state index in [1.54, 1.807) is 36.4 Å². The highest BCUT2D eigenvalue weighted by atomic mass is 79.9. The Balaban J connectivity index is 1.85. The molecule has 0 atom stereocenters. The fourth-order valence-electron chi connectivity index (χ4n) is 3.00. The van der Waals surface area contributed by atoms with Crippen molar-refractivity contribution in [3.8, 4) is 11.8 Å². The average molecular weight is 479 g/mol. The maximum Gasteiger partial charge on any atom is 0.266 e. The van der Waals surface area contributed by atoms with Crippen LogP contribution in [0.5, 0.6) is 5.75 Å². The average Bonchev–Trinajstić information content (AvgIpc) is 2.77. The molecule has 1 N–H and O–H groups in total. The molecule has 4 nitrogen and oxygen atoms in total. The van der Waals surface area contributed by atoms with Crippen LogP contribution in [0, 0.1) is 17.1 Å². The Morgan fingerprint density at radius 3 is 2.71 bits per heavy atom. The number of benzene rings is 3. The molecule has 0 aromatic heterocycles. The lowest BCUT2D eigenvalue weighted by atomic mass is 10.1. The van der Waals surface area contributed by atoms with Gasteiger partial charge in [-0.25, -0.2) is 4.39 Å². The predicted octanol–water partition coefficient (Wildman–Crippen LogP) is 6.28. The minimum Gasteiger partial charge on any atom is -0.488 e. The molecule has 0 aliphatic carbocycles. The molecular weight excluding hydrogens is 459 g/mol. The van der Waals surface area contributed by atoms with Gasteiger partial charge in [0, 0.05) is 15.7 Å². The number of nitriles is 1. The van der Waals surface area contributed by atoms with Crippen LogP contribution in [0.2, 0.25) is 0 Å². The third-order valence-electron chi connectivity index (χ3n) is 4.57. The van der Waals surface area contributed by atoms with E-state index < -0.39 is 5.91 Å². The minimum absolute atomic E-state index is 0.0559. The molecule has 0 saturated carbocycles. The lowest BCUT2D eigenvalue weighted by molar-refractivity contribution is -0.112. The summed E-state index contributed by atoms with van der Waals surface area (Å²) < 4.78 is 20.0. The van der Waals surface area contributed by atoms with Crippen molar-refractivity contribution in [3.05, 3.63) is 99.3 Å². The zero-order chi connectivity index (χ0) is 22.2. The number of rotatable bonds is 7. The molecule has 3 aromatic rings. The predicted molar refractivity (Wildman–Crippen MR) is 123 cm³/mol. The lowest BCUT2D eigenvalue weighted by Crippen LogP contribution is -2.14. The van der Waals surface area contributed by atoms with Crippen molar-refractivity contribution in [2.24, 2.45) is 0 Å². The number of carbonyl (C=O) groups excluding carboxylic acids is 1. The van der Waals surface area contributed by atoms with Gasteiger partial charge in [0.1, 0.15) is 29.8 Å². The second kappa shape index (κ2) is 10.6. The minimum atomic E-state index is -0.501. The van der Waals surface area contributed by atoms with Crippen molar-refractivity contribution in [1.29, 1.82) is 5.26 Å². The molecule has 0 radical (unpaired) electrons. The van der Waals surface area contributed by atoms with E-state index in [1.807, 2.05) is 31.2 Å². The smallest absolute Gasteiger partial charge is 0.266 e. The molecule has 156 valence electrons. The van der Waals surface area contributed by atoms with Crippen molar-refractivity contribution >= 4 is 33.6 Å². The maximum absolute atomic E-state index is 13.4. The first-order chi connectivity index (χ1) is 15.0. The second-order valence-electron chi connectivity index (χ2n) is 6.74. The second-order valence-corrected chi connectivity index (χ2v) is 7.65. The topological polar surface area (TPSA) is 62.1 Å². The monoisotopic (exact) mass is 478 g/mol. The number of hydrogen-bond acceptors (Lipinski definition) is 3. The van der Waals surface area contributed by atoms with Crippen LogP contribution in [-0.2, 0) is 17.8 Å². The number of anilines is 1. The van der Waals surface area contributed by atoms with Gasteiger partial charge < -0.3 is 10.1 Å². The third kappa shape index (κ3) is 6.03. The van der Waals surface area contributed by atoms with Gasteiger partial charge in [-0.1, -0.05) is 53.2 Å². The maximum atomic E-state index is 13.4. The molecule has 0 aliphatic rings. The Kier molecular flexibility index (Phi) is 7.58. The van der Waals surface area contributed by atoms with Gasteiger partial charge in [-0.2, -0.15) is 5.26 Å². The van der Waals surface area contributed by atoms with Crippen molar-refractivity contribution < 1.29 is 13.9 Å². The van der Waals surface area contributed by atoms with E-state index in [-0.39, 0.29) is 18.0 Å². The highest BCUT2D eigenvalue weighted by Crippen LogP contribution is 2.27. The van der Waals surface area contributed by atoms with E-state index in [1.165, 1.54) is 18.2 Å². The number of amides is 1. The molecule has 0 bridgehead atoms. The molecule has 0 spiro atoms. The number of nitrogens with zero attached hydrogens (tertiary/aromatic N) is 1. The van der Waals surface area contributed by atoms with E-state index in [9.17, 15) is 14.4 Å². The van der Waals surface area contributed by atoms with Gasteiger partial charge in [0.15, 0.2) is 0 Å². The molecule has 3 rings (SSSR count). The molecule has 0 unspecified atom stereocenters. The summed E-state index contributed by atoms with van der Waals surface area (Å²) in [4.78, 5) is 12.7. The summed E-state index contributed by atoms with van der Waals surface area (Å²) in [6, 6.07) is 20.8. The fourth-order valence-corrected chi connectivity index (χ4v) is 3.37. The molecular formula is C25H20BrFN2O2. The fraction of sp³-hybridized carbons (Fsp3) is 0.120. The van der Waals surface area contributed by atoms with Crippen LogP contribution in [0.4, 0.5) is 10.1 Å². The number of aryl methyl sites for hydroxylation is 1. The van der Waals surface area contributed by atoms with Gasteiger partial charge in [-0.3, -0.25) is 4.79 Å². The Morgan fingerprint density at radius 2 is 1.97 bits per heavy atom. The highest BCUT2D eigenvalue weighted by Gasteiger charge is 2.13. The first kappa shape index (κ1) is 22.3. The summed E-state index contributed by atoms with van der Waals surface area (Å²) in [5.41, 5.74) is 2.83. The molecule has 0 aliphatic heterocycles. The van der Waals surface area contributed by atoms with Gasteiger partial charge in [0.05, 0.1) is 0 Å². The largest absolute Gasteiger partial charge is 0.488 e. The molecule has 6 heteroatoms. The Bertz CT molecular complexity index is 1170. The Hall–Kier alpha value is -3.43. The van der Waals surface area contributed by atoms with Gasteiger partial charge in [-0.15, -0.1) is 0 Å². The van der Waals surface area contributed by atoms with E-state index in [0.29, 0.717) is 22.6 Å². The van der Waals surface area contributed by atoms with E-state index >= 15 is 0 Å². The summed E-state index contributed by atoms with van der Waals surface area (Å²) in [5.74, 6) is -0.366. The first-order valence-corrected chi connectivity index (χ1v) is 10.5. The SMILES string of the molecule is CCc1ccccc1NC(=O)/C(C#N)=C/c1cc(Br)ccc1OCc1cccc(F)c1. The summed E-state index contributed by atoms with van der Waals surface area (Å²) in [6.45, 7) is 2.15. The summed E-state index contributed by atoms with van der Waals surface area (Å²) in [5, 5.41) is 12.4. The van der Waals surface area contributed by atoms with E-state index in [0.717, 1.165) is 16.5 Å². The first-order valence-electron chi connectivity index (χ1n) is 9.68. The molecule has 3 aromatic carbocycles. The summed E-state index contributed by atoms with van der Waals surface area (Å²) >= 11 is 3.41. The normalized spacial score (nSPS) is 11.0. The number of hydrogen-bond donors (Lipinski definition) is 1. The quantitative estimate of drug-likeness (QED) is 0.321. The molecule has 0 saturated heterocycles. The van der Waals surface area contributed by atoms with Crippen molar-refractivity contribution in [2.75, 3.05) is 5.32 Å². The van der Waals surface area contributed by atoms with Crippen molar-refractivity contribution in [1.82, 2.24) is 0 Å². The van der Waals surface area contributed by atoms with Crippen LogP contribution < -0.4 is 10.1 Å². The van der Waals surface area contributed by atoms with Crippen LogP contribution in [0.3, 0.4) is 0 Å². The van der Waals surface area contributed by atoms with Crippen molar-refractivity contribution in [2.45, 2.75) is 20.0 Å². The van der Waals surface area contributed by atoms with Crippen molar-refractivity contribution in [3.63, 3.8) is 0 Å². The number of para-hydroxylation sites is 1. The zero-order valence-corrected chi connectivity index (χ0v) is 18.4. The van der Waals surface area contributed by atoms with Crippen LogP contribution in [0.15, 0.2) is 76.8 Å². The van der Waals surface area contributed by atoms with Crippen LogP contribution in [-0.4, -0.2) is 5.91 Å². The number of carbonyl (C=O) groups is 1. The standard InChI is InChI=1S/C25H20BrFN2O2/c1-2-18-7-3-4-9-23(18)29-25(30)20(15-28)13-19-14-21(26)10-11-24(19)31-16-17-6-5-8-22(27)12-17/h3-14H,2,16H2,1H3,(H,29,30)/b20-13+. The summed E-state index contributed by atoms with van der Waals surface area (Å²) in [7, 11) is 0. The van der Waals surface area contributed by atoms with Gasteiger partial charge in [-0.05, 0) is 60.0 Å². The Morgan fingerprint density at radius 1 is 1.16 bits per heavy atom. The third-order valence-corrected chi connectivity index (χ3v) is 5.06. The van der Waals surface area contributed by atoms with Gasteiger partial charge in [0.25, 0.3) is 5.91 Å². The molecule has 0 heterocycles. The molecule has 31 heavy (non-hydrogen) atoms. The van der Waals surface area contributed by atoms with Crippen LogP contribution in [0.1, 0.15) is 23.6 Å². The van der Waals surface area contributed by atoms with E-state index in [4.69, 9.17) is 4.74 Å². The van der Waals surface area contributed by atoms with Gasteiger partial charge in [0.2, 0.25) is 0 Å². The van der Waals surface area contributed by atoms with E-state index in [2.05, 4.69) is 21.2 Å². The number of halogens is 2. The molecule has 1 amide bonds.